The summed E-state index contributed by atoms with van der Waals surface area (Å²) in [6.45, 7) is 0.591. The molecule has 11 heteroatoms. The van der Waals surface area contributed by atoms with Crippen molar-refractivity contribution in [3.05, 3.63) is 25.3 Å². The first-order chi connectivity index (χ1) is 10.4. The molecule has 2 heterocycles. The van der Waals surface area contributed by atoms with Gasteiger partial charge in [0, 0.05) is 23.7 Å². The van der Waals surface area contributed by atoms with Crippen molar-refractivity contribution in [2.45, 2.75) is 16.5 Å². The number of thioether (sulfide) groups is 1. The molecule has 0 spiro atoms. The number of nitrogens with zero attached hydrogens (tertiary/aromatic N) is 4. The lowest BCUT2D eigenvalue weighted by Crippen LogP contribution is -2.34. The van der Waals surface area contributed by atoms with E-state index in [1.807, 2.05) is 10.8 Å². The van der Waals surface area contributed by atoms with Gasteiger partial charge in [-0.3, -0.25) is 13.9 Å². The van der Waals surface area contributed by atoms with E-state index in [1.165, 1.54) is 18.8 Å². The Balaban J connectivity index is 2.66. The summed E-state index contributed by atoms with van der Waals surface area (Å²) in [4.78, 5) is 26.8. The van der Waals surface area contributed by atoms with Gasteiger partial charge >= 0.3 is 5.69 Å². The zero-order chi connectivity index (χ0) is 16.4. The summed E-state index contributed by atoms with van der Waals surface area (Å²) in [7, 11) is 1.41. The minimum Gasteiger partial charge on any atom is -0.303 e. The Labute approximate surface area is 155 Å². The fourth-order valence-corrected chi connectivity index (χ4v) is 3.32. The average molecular weight is 518 g/mol. The van der Waals surface area contributed by atoms with Crippen LogP contribution < -0.4 is 11.2 Å². The van der Waals surface area contributed by atoms with E-state index in [9.17, 15) is 9.59 Å². The van der Waals surface area contributed by atoms with Gasteiger partial charge in [0.2, 0.25) is 0 Å². The first-order valence-corrected chi connectivity index (χ1v) is 10.1. The van der Waals surface area contributed by atoms with Crippen LogP contribution in [0.4, 0.5) is 0 Å². The highest BCUT2D eigenvalue weighted by atomic mass is 79.9. The average Bonchev–Trinajstić information content (AvgIpc) is 2.91. The SMILES string of the molecule is CSc1nnc(-c2[nH]c(=O)n(C)c(=O)c2Br)n1CC(Br)CBr. The first kappa shape index (κ1) is 18.0. The van der Waals surface area contributed by atoms with Crippen LogP contribution in [-0.2, 0) is 13.6 Å². The Morgan fingerprint density at radius 3 is 2.64 bits per heavy atom. The van der Waals surface area contributed by atoms with Crippen LogP contribution in [0.15, 0.2) is 19.2 Å². The molecule has 1 atom stereocenters. The second-order valence-corrected chi connectivity index (χ2v) is 7.86. The van der Waals surface area contributed by atoms with E-state index in [0.29, 0.717) is 23.2 Å². The van der Waals surface area contributed by atoms with E-state index >= 15 is 0 Å². The number of H-pyrrole nitrogens is 1. The Kier molecular flexibility index (Phi) is 6.08. The van der Waals surface area contributed by atoms with Gasteiger partial charge in [0.05, 0.1) is 0 Å². The van der Waals surface area contributed by atoms with Crippen molar-refractivity contribution in [1.82, 2.24) is 24.3 Å². The van der Waals surface area contributed by atoms with E-state index in [0.717, 1.165) is 9.90 Å². The summed E-state index contributed by atoms with van der Waals surface area (Å²) in [5, 5.41) is 9.68. The second-order valence-electron chi connectivity index (χ2n) is 4.36. The number of hydrogen-bond acceptors (Lipinski definition) is 5. The predicted molar refractivity (Wildman–Crippen MR) is 97.3 cm³/mol. The van der Waals surface area contributed by atoms with Gasteiger partial charge in [-0.15, -0.1) is 10.2 Å². The molecule has 0 radical (unpaired) electrons. The Morgan fingerprint density at radius 2 is 2.05 bits per heavy atom. The summed E-state index contributed by atoms with van der Waals surface area (Å²) in [5.74, 6) is 0.441. The van der Waals surface area contributed by atoms with Crippen molar-refractivity contribution in [3.63, 3.8) is 0 Å². The second kappa shape index (κ2) is 7.45. The van der Waals surface area contributed by atoms with E-state index < -0.39 is 11.2 Å². The Hall–Kier alpha value is -0.390. The molecular formula is C11H12Br3N5O2S. The maximum atomic E-state index is 12.1. The van der Waals surface area contributed by atoms with Crippen LogP contribution in [0.3, 0.4) is 0 Å². The van der Waals surface area contributed by atoms with E-state index in [4.69, 9.17) is 0 Å². The van der Waals surface area contributed by atoms with Gasteiger partial charge in [-0.25, -0.2) is 4.79 Å². The zero-order valence-electron chi connectivity index (χ0n) is 11.6. The van der Waals surface area contributed by atoms with Crippen LogP contribution in [0.25, 0.3) is 11.5 Å². The highest BCUT2D eigenvalue weighted by molar-refractivity contribution is 9.12. The Bertz CT molecular complexity index is 800. The molecule has 0 bridgehead atoms. The van der Waals surface area contributed by atoms with Crippen LogP contribution in [0.5, 0.6) is 0 Å². The maximum Gasteiger partial charge on any atom is 0.328 e. The summed E-state index contributed by atoms with van der Waals surface area (Å²) < 4.78 is 3.11. The van der Waals surface area contributed by atoms with Crippen molar-refractivity contribution in [2.75, 3.05) is 11.6 Å². The molecule has 1 unspecified atom stereocenters. The summed E-state index contributed by atoms with van der Waals surface area (Å²) in [6.07, 6.45) is 1.89. The topological polar surface area (TPSA) is 85.6 Å². The van der Waals surface area contributed by atoms with E-state index in [-0.39, 0.29) is 9.30 Å². The first-order valence-electron chi connectivity index (χ1n) is 6.07. The molecule has 7 nitrogen and oxygen atoms in total. The molecule has 22 heavy (non-hydrogen) atoms. The van der Waals surface area contributed by atoms with Crippen molar-refractivity contribution >= 4 is 59.6 Å². The van der Waals surface area contributed by atoms with Crippen molar-refractivity contribution in [1.29, 1.82) is 0 Å². The third-order valence-electron chi connectivity index (χ3n) is 2.92. The van der Waals surface area contributed by atoms with Gasteiger partial charge in [0.1, 0.15) is 10.2 Å². The predicted octanol–water partition coefficient (Wildman–Crippen LogP) is 1.97. The van der Waals surface area contributed by atoms with Crippen molar-refractivity contribution in [3.8, 4) is 11.5 Å². The molecule has 120 valence electrons. The molecule has 0 amide bonds. The third-order valence-corrected chi connectivity index (χ3v) is 6.59. The largest absolute Gasteiger partial charge is 0.328 e. The molecule has 0 aliphatic rings. The summed E-state index contributed by atoms with van der Waals surface area (Å²) >= 11 is 11.6. The van der Waals surface area contributed by atoms with Crippen molar-refractivity contribution < 1.29 is 0 Å². The minimum atomic E-state index is -0.501. The minimum absolute atomic E-state index is 0.158. The molecule has 0 fully saturated rings. The quantitative estimate of drug-likeness (QED) is 0.484. The molecule has 0 saturated heterocycles. The molecule has 0 aliphatic carbocycles. The number of halogens is 3. The lowest BCUT2D eigenvalue weighted by atomic mass is 10.3. The molecular weight excluding hydrogens is 506 g/mol. The third kappa shape index (κ3) is 3.41. The molecule has 0 aliphatic heterocycles. The molecule has 0 aromatic carbocycles. The number of hydrogen-bond donors (Lipinski definition) is 1. The summed E-state index contributed by atoms with van der Waals surface area (Å²) in [5.41, 5.74) is -0.593. The van der Waals surface area contributed by atoms with Gasteiger partial charge < -0.3 is 4.98 Å². The lowest BCUT2D eigenvalue weighted by molar-refractivity contribution is 0.644. The lowest BCUT2D eigenvalue weighted by Gasteiger charge is -2.13. The standard InChI is InChI=1S/C11H12Br3N5O2S/c1-18-9(20)6(14)7(15-10(18)21)8-16-17-11(22-2)19(8)4-5(13)3-12/h5H,3-4H2,1-2H3,(H,15,21). The smallest absolute Gasteiger partial charge is 0.303 e. The van der Waals surface area contributed by atoms with Crippen LogP contribution in [0.2, 0.25) is 0 Å². The molecule has 2 aromatic rings. The fourth-order valence-electron chi connectivity index (χ4n) is 1.78. The summed E-state index contributed by atoms with van der Waals surface area (Å²) in [6, 6.07) is 0. The van der Waals surface area contributed by atoms with Crippen molar-refractivity contribution in [2.24, 2.45) is 7.05 Å². The number of nitrogens with one attached hydrogen (secondary N) is 1. The van der Waals surface area contributed by atoms with Gasteiger partial charge in [-0.1, -0.05) is 43.6 Å². The zero-order valence-corrected chi connectivity index (χ0v) is 17.2. The monoisotopic (exact) mass is 515 g/mol. The van der Waals surface area contributed by atoms with Crippen LogP contribution in [-0.4, -0.2) is 40.7 Å². The fraction of sp³-hybridized carbons (Fsp3) is 0.455. The van der Waals surface area contributed by atoms with E-state index in [2.05, 4.69) is 63.0 Å². The number of rotatable bonds is 5. The highest BCUT2D eigenvalue weighted by Crippen LogP contribution is 2.26. The van der Waals surface area contributed by atoms with Gasteiger partial charge in [-0.2, -0.15) is 0 Å². The Morgan fingerprint density at radius 1 is 1.36 bits per heavy atom. The number of alkyl halides is 2. The molecule has 2 rings (SSSR count). The molecule has 0 saturated carbocycles. The maximum absolute atomic E-state index is 12.1. The number of aromatic nitrogens is 5. The number of aromatic amines is 1. The normalized spacial score (nSPS) is 12.6. The van der Waals surface area contributed by atoms with Gasteiger partial charge in [0.15, 0.2) is 11.0 Å². The van der Waals surface area contributed by atoms with Gasteiger partial charge in [0.25, 0.3) is 5.56 Å². The molecule has 1 N–H and O–H groups in total. The highest BCUT2D eigenvalue weighted by Gasteiger charge is 2.21. The van der Waals surface area contributed by atoms with Crippen LogP contribution in [0, 0.1) is 0 Å². The van der Waals surface area contributed by atoms with Crippen LogP contribution >= 0.6 is 59.6 Å². The van der Waals surface area contributed by atoms with E-state index in [1.54, 1.807) is 0 Å². The van der Waals surface area contributed by atoms with Gasteiger partial charge in [-0.05, 0) is 22.2 Å². The van der Waals surface area contributed by atoms with Crippen LogP contribution in [0.1, 0.15) is 0 Å². The molecule has 2 aromatic heterocycles.